The predicted octanol–water partition coefficient (Wildman–Crippen LogP) is 2.72. The van der Waals surface area contributed by atoms with Crippen LogP contribution in [0.2, 0.25) is 5.02 Å². The Morgan fingerprint density at radius 3 is 2.48 bits per heavy atom. The van der Waals surface area contributed by atoms with Crippen molar-refractivity contribution < 1.29 is 14.0 Å². The Labute approximate surface area is 151 Å². The van der Waals surface area contributed by atoms with Gasteiger partial charge in [-0.3, -0.25) is 14.5 Å². The lowest BCUT2D eigenvalue weighted by molar-refractivity contribution is -0.121. The fraction of sp³-hybridized carbons (Fsp3) is 0.333. The Bertz CT molecular complexity index is 740. The lowest BCUT2D eigenvalue weighted by atomic mass is 10.2. The molecule has 0 spiro atoms. The molecule has 1 saturated heterocycles. The van der Waals surface area contributed by atoms with Gasteiger partial charge in [0.15, 0.2) is 5.76 Å². The molecule has 1 N–H and O–H groups in total. The van der Waals surface area contributed by atoms with E-state index in [0.717, 1.165) is 0 Å². The molecule has 7 heteroatoms. The number of hydrogen-bond acceptors (Lipinski definition) is 4. The van der Waals surface area contributed by atoms with Crippen molar-refractivity contribution in [2.45, 2.75) is 13.0 Å². The third kappa shape index (κ3) is 4.03. The molecule has 1 aromatic heterocycles. The van der Waals surface area contributed by atoms with Gasteiger partial charge in [0.25, 0.3) is 5.91 Å². The van der Waals surface area contributed by atoms with Crippen LogP contribution in [0.4, 0.5) is 5.69 Å². The van der Waals surface area contributed by atoms with E-state index >= 15 is 0 Å². The highest BCUT2D eigenvalue weighted by molar-refractivity contribution is 6.33. The molecule has 0 unspecified atom stereocenters. The number of para-hydroxylation sites is 1. The molecule has 25 heavy (non-hydrogen) atoms. The standard InChI is InChI=1S/C18H20ClN3O3/c1-13(17(23)20-15-6-3-2-5-14(15)19)21-8-10-22(11-9-21)18(24)16-7-4-12-25-16/h2-7,12-13H,8-11H2,1H3,(H,20,23)/t13-/m0/s1. The number of amides is 2. The van der Waals surface area contributed by atoms with E-state index in [1.807, 2.05) is 19.1 Å². The second-order valence-electron chi connectivity index (χ2n) is 5.95. The number of piperazine rings is 1. The molecule has 6 nitrogen and oxygen atoms in total. The molecule has 1 atom stereocenters. The number of furan rings is 1. The van der Waals surface area contributed by atoms with Crippen molar-refractivity contribution >= 4 is 29.1 Å². The Hall–Kier alpha value is -2.31. The summed E-state index contributed by atoms with van der Waals surface area (Å²) in [6, 6.07) is 10.2. The summed E-state index contributed by atoms with van der Waals surface area (Å²) in [5.74, 6) is 0.120. The van der Waals surface area contributed by atoms with Crippen LogP contribution in [-0.2, 0) is 4.79 Å². The number of halogens is 1. The number of rotatable bonds is 4. The zero-order valence-corrected chi connectivity index (χ0v) is 14.7. The van der Waals surface area contributed by atoms with E-state index in [9.17, 15) is 9.59 Å². The first-order valence-corrected chi connectivity index (χ1v) is 8.56. The van der Waals surface area contributed by atoms with Gasteiger partial charge in [-0.1, -0.05) is 23.7 Å². The van der Waals surface area contributed by atoms with E-state index in [1.165, 1.54) is 6.26 Å². The van der Waals surface area contributed by atoms with Crippen LogP contribution >= 0.6 is 11.6 Å². The van der Waals surface area contributed by atoms with Crippen LogP contribution in [0.25, 0.3) is 0 Å². The molecule has 1 aromatic carbocycles. The average molecular weight is 362 g/mol. The van der Waals surface area contributed by atoms with E-state index in [2.05, 4.69) is 10.2 Å². The molecule has 132 valence electrons. The van der Waals surface area contributed by atoms with E-state index in [4.69, 9.17) is 16.0 Å². The van der Waals surface area contributed by atoms with Gasteiger partial charge < -0.3 is 14.6 Å². The monoisotopic (exact) mass is 361 g/mol. The summed E-state index contributed by atoms with van der Waals surface area (Å²) in [4.78, 5) is 28.5. The number of hydrogen-bond donors (Lipinski definition) is 1. The summed E-state index contributed by atoms with van der Waals surface area (Å²) in [6.45, 7) is 4.23. The summed E-state index contributed by atoms with van der Waals surface area (Å²) in [5, 5.41) is 3.37. The minimum Gasteiger partial charge on any atom is -0.459 e. The number of benzene rings is 1. The molecule has 2 heterocycles. The van der Waals surface area contributed by atoms with Gasteiger partial charge in [0, 0.05) is 26.2 Å². The maximum Gasteiger partial charge on any atom is 0.289 e. The molecule has 0 saturated carbocycles. The van der Waals surface area contributed by atoms with Crippen molar-refractivity contribution in [2.75, 3.05) is 31.5 Å². The molecule has 0 aliphatic carbocycles. The van der Waals surface area contributed by atoms with Crippen LogP contribution in [0.3, 0.4) is 0 Å². The van der Waals surface area contributed by atoms with Gasteiger partial charge in [-0.25, -0.2) is 0 Å². The number of carbonyl (C=O) groups is 2. The summed E-state index contributed by atoms with van der Waals surface area (Å²) in [5.41, 5.74) is 0.604. The van der Waals surface area contributed by atoms with Crippen molar-refractivity contribution in [1.82, 2.24) is 9.80 Å². The summed E-state index contributed by atoms with van der Waals surface area (Å²) in [7, 11) is 0. The smallest absolute Gasteiger partial charge is 0.289 e. The zero-order valence-electron chi connectivity index (χ0n) is 13.9. The lowest BCUT2D eigenvalue weighted by Gasteiger charge is -2.37. The molecule has 0 bridgehead atoms. The van der Waals surface area contributed by atoms with Crippen LogP contribution in [-0.4, -0.2) is 53.8 Å². The van der Waals surface area contributed by atoms with Crippen LogP contribution in [0.1, 0.15) is 17.5 Å². The van der Waals surface area contributed by atoms with Crippen LogP contribution in [0.5, 0.6) is 0 Å². The second kappa shape index (κ2) is 7.72. The normalized spacial score (nSPS) is 16.5. The minimum absolute atomic E-state index is 0.112. The van der Waals surface area contributed by atoms with Gasteiger partial charge in [-0.05, 0) is 31.2 Å². The number of nitrogens with zero attached hydrogens (tertiary/aromatic N) is 2. The molecule has 1 aliphatic heterocycles. The maximum absolute atomic E-state index is 12.5. The molecular weight excluding hydrogens is 342 g/mol. The Kier molecular flexibility index (Phi) is 5.40. The van der Waals surface area contributed by atoms with Crippen molar-refractivity contribution in [1.29, 1.82) is 0 Å². The van der Waals surface area contributed by atoms with Gasteiger partial charge in [-0.15, -0.1) is 0 Å². The summed E-state index contributed by atoms with van der Waals surface area (Å²) >= 11 is 6.08. The quantitative estimate of drug-likeness (QED) is 0.909. The third-order valence-corrected chi connectivity index (χ3v) is 4.72. The maximum atomic E-state index is 12.5. The predicted molar refractivity (Wildman–Crippen MR) is 95.7 cm³/mol. The van der Waals surface area contributed by atoms with Gasteiger partial charge >= 0.3 is 0 Å². The molecule has 3 rings (SSSR count). The Balaban J connectivity index is 1.54. The largest absolute Gasteiger partial charge is 0.459 e. The highest BCUT2D eigenvalue weighted by atomic mass is 35.5. The molecule has 2 aromatic rings. The molecule has 0 radical (unpaired) electrons. The SMILES string of the molecule is C[C@@H](C(=O)Nc1ccccc1Cl)N1CCN(C(=O)c2ccco2)CC1. The number of nitrogens with one attached hydrogen (secondary N) is 1. The molecule has 1 fully saturated rings. The fourth-order valence-electron chi connectivity index (χ4n) is 2.83. The van der Waals surface area contributed by atoms with Crippen molar-refractivity contribution in [3.8, 4) is 0 Å². The number of carbonyl (C=O) groups excluding carboxylic acids is 2. The third-order valence-electron chi connectivity index (χ3n) is 4.39. The van der Waals surface area contributed by atoms with Crippen molar-refractivity contribution in [3.63, 3.8) is 0 Å². The van der Waals surface area contributed by atoms with Crippen molar-refractivity contribution in [2.24, 2.45) is 0 Å². The minimum atomic E-state index is -0.308. The van der Waals surface area contributed by atoms with Gasteiger partial charge in [-0.2, -0.15) is 0 Å². The highest BCUT2D eigenvalue weighted by Crippen LogP contribution is 2.21. The van der Waals surface area contributed by atoms with E-state index < -0.39 is 0 Å². The van der Waals surface area contributed by atoms with Gasteiger partial charge in [0.05, 0.1) is 23.0 Å². The average Bonchev–Trinajstić information content (AvgIpc) is 3.17. The second-order valence-corrected chi connectivity index (χ2v) is 6.36. The first kappa shape index (κ1) is 17.5. The van der Waals surface area contributed by atoms with Gasteiger partial charge in [0.2, 0.25) is 5.91 Å². The van der Waals surface area contributed by atoms with E-state index in [0.29, 0.717) is 42.6 Å². The Morgan fingerprint density at radius 1 is 1.12 bits per heavy atom. The molecular formula is C18H20ClN3O3. The van der Waals surface area contributed by atoms with E-state index in [1.54, 1.807) is 29.2 Å². The van der Waals surface area contributed by atoms with Crippen LogP contribution in [0.15, 0.2) is 47.1 Å². The zero-order chi connectivity index (χ0) is 17.8. The summed E-state index contributed by atoms with van der Waals surface area (Å²) < 4.78 is 5.16. The van der Waals surface area contributed by atoms with Crippen LogP contribution in [0, 0.1) is 0 Å². The molecule has 1 aliphatic rings. The highest BCUT2D eigenvalue weighted by Gasteiger charge is 2.28. The van der Waals surface area contributed by atoms with Crippen molar-refractivity contribution in [3.05, 3.63) is 53.4 Å². The lowest BCUT2D eigenvalue weighted by Crippen LogP contribution is -2.54. The number of anilines is 1. The first-order valence-electron chi connectivity index (χ1n) is 8.18. The Morgan fingerprint density at radius 2 is 1.84 bits per heavy atom. The fourth-order valence-corrected chi connectivity index (χ4v) is 3.02. The van der Waals surface area contributed by atoms with E-state index in [-0.39, 0.29) is 17.9 Å². The molecule has 2 amide bonds. The van der Waals surface area contributed by atoms with Gasteiger partial charge in [0.1, 0.15) is 0 Å². The first-order chi connectivity index (χ1) is 12.1. The summed E-state index contributed by atoms with van der Waals surface area (Å²) in [6.07, 6.45) is 1.49. The van der Waals surface area contributed by atoms with Crippen LogP contribution < -0.4 is 5.32 Å². The topological polar surface area (TPSA) is 65.8 Å².